The number of carbonyl (C=O) groups is 2. The average Bonchev–Trinajstić information content (AvgIpc) is 2.36. The Balaban J connectivity index is 2.33. The summed E-state index contributed by atoms with van der Waals surface area (Å²) >= 11 is 0. The Morgan fingerprint density at radius 3 is 2.53 bits per heavy atom. The molecule has 1 atom stereocenters. The Hall–Kier alpha value is -1.88. The summed E-state index contributed by atoms with van der Waals surface area (Å²) in [6, 6.07) is 9.43. The van der Waals surface area contributed by atoms with Gasteiger partial charge in [-0.1, -0.05) is 30.3 Å². The fraction of sp³-hybridized carbons (Fsp3) is 0.429. The molecule has 19 heavy (non-hydrogen) atoms. The molecule has 0 aliphatic rings. The second kappa shape index (κ2) is 7.53. The fourth-order valence-corrected chi connectivity index (χ4v) is 1.59. The molecule has 0 saturated carbocycles. The first kappa shape index (κ1) is 15.2. The maximum atomic E-state index is 11.7. The highest BCUT2D eigenvalue weighted by molar-refractivity contribution is 5.84. The summed E-state index contributed by atoms with van der Waals surface area (Å²) < 4.78 is 0. The van der Waals surface area contributed by atoms with Crippen LogP contribution in [-0.2, 0) is 16.1 Å². The van der Waals surface area contributed by atoms with E-state index in [9.17, 15) is 9.59 Å². The highest BCUT2D eigenvalue weighted by Crippen LogP contribution is 1.98. The van der Waals surface area contributed by atoms with Gasteiger partial charge in [0.25, 0.3) is 0 Å². The van der Waals surface area contributed by atoms with E-state index >= 15 is 0 Å². The zero-order valence-electron chi connectivity index (χ0n) is 11.4. The SMILES string of the molecule is CC(N)CC(=O)N(C)CC(=O)NCc1ccccc1. The highest BCUT2D eigenvalue weighted by atomic mass is 16.2. The fourth-order valence-electron chi connectivity index (χ4n) is 1.59. The van der Waals surface area contributed by atoms with Crippen LogP contribution in [-0.4, -0.2) is 36.3 Å². The molecule has 104 valence electrons. The number of nitrogens with one attached hydrogen (secondary N) is 1. The van der Waals surface area contributed by atoms with Gasteiger partial charge in [-0.2, -0.15) is 0 Å². The summed E-state index contributed by atoms with van der Waals surface area (Å²) in [5, 5.41) is 2.77. The van der Waals surface area contributed by atoms with Gasteiger partial charge in [0.05, 0.1) is 6.54 Å². The monoisotopic (exact) mass is 263 g/mol. The normalized spacial score (nSPS) is 11.7. The van der Waals surface area contributed by atoms with Crippen molar-refractivity contribution in [3.05, 3.63) is 35.9 Å². The molecular weight excluding hydrogens is 242 g/mol. The molecule has 0 radical (unpaired) electrons. The zero-order chi connectivity index (χ0) is 14.3. The van der Waals surface area contributed by atoms with Gasteiger partial charge in [0.15, 0.2) is 0 Å². The van der Waals surface area contributed by atoms with Crippen molar-refractivity contribution in [2.24, 2.45) is 5.73 Å². The Labute approximate surface area is 113 Å². The Bertz CT molecular complexity index is 418. The van der Waals surface area contributed by atoms with Crippen LogP contribution in [0, 0.1) is 0 Å². The number of hydrogen-bond acceptors (Lipinski definition) is 3. The number of amides is 2. The number of likely N-dealkylation sites (N-methyl/N-ethyl adjacent to an activating group) is 1. The molecule has 0 fully saturated rings. The molecule has 3 N–H and O–H groups in total. The molecule has 0 spiro atoms. The van der Waals surface area contributed by atoms with Crippen LogP contribution in [0.5, 0.6) is 0 Å². The number of hydrogen-bond donors (Lipinski definition) is 2. The first-order chi connectivity index (χ1) is 8.99. The minimum atomic E-state index is -0.192. The first-order valence-electron chi connectivity index (χ1n) is 6.29. The highest BCUT2D eigenvalue weighted by Gasteiger charge is 2.13. The quantitative estimate of drug-likeness (QED) is 0.784. The van der Waals surface area contributed by atoms with E-state index in [-0.39, 0.29) is 30.8 Å². The van der Waals surface area contributed by atoms with E-state index in [0.717, 1.165) is 5.56 Å². The van der Waals surface area contributed by atoms with Gasteiger partial charge in [0.1, 0.15) is 0 Å². The van der Waals surface area contributed by atoms with Gasteiger partial charge in [-0.05, 0) is 12.5 Å². The molecule has 5 nitrogen and oxygen atoms in total. The standard InChI is InChI=1S/C14H21N3O2/c1-11(15)8-14(19)17(2)10-13(18)16-9-12-6-4-3-5-7-12/h3-7,11H,8-10,15H2,1-2H3,(H,16,18). The van der Waals surface area contributed by atoms with E-state index in [2.05, 4.69) is 5.32 Å². The van der Waals surface area contributed by atoms with Crippen molar-refractivity contribution in [2.75, 3.05) is 13.6 Å². The lowest BCUT2D eigenvalue weighted by Crippen LogP contribution is -2.39. The van der Waals surface area contributed by atoms with E-state index in [4.69, 9.17) is 5.73 Å². The van der Waals surface area contributed by atoms with Crippen LogP contribution in [0.3, 0.4) is 0 Å². The van der Waals surface area contributed by atoms with Crippen LogP contribution in [0.2, 0.25) is 0 Å². The summed E-state index contributed by atoms with van der Waals surface area (Å²) in [6.45, 7) is 2.29. The van der Waals surface area contributed by atoms with Gasteiger partial charge in [-0.25, -0.2) is 0 Å². The maximum absolute atomic E-state index is 11.7. The number of benzene rings is 1. The minimum absolute atomic E-state index is 0.0540. The zero-order valence-corrected chi connectivity index (χ0v) is 11.4. The third-order valence-corrected chi connectivity index (χ3v) is 2.64. The van der Waals surface area contributed by atoms with Crippen molar-refractivity contribution in [2.45, 2.75) is 25.9 Å². The molecule has 0 saturated heterocycles. The summed E-state index contributed by atoms with van der Waals surface area (Å²) in [7, 11) is 1.60. The van der Waals surface area contributed by atoms with E-state index in [1.165, 1.54) is 4.90 Å². The molecule has 0 aliphatic carbocycles. The molecule has 1 aromatic carbocycles. The van der Waals surface area contributed by atoms with Crippen molar-refractivity contribution in [1.29, 1.82) is 0 Å². The molecule has 0 aliphatic heterocycles. The van der Waals surface area contributed by atoms with E-state index in [1.807, 2.05) is 30.3 Å². The van der Waals surface area contributed by atoms with Crippen molar-refractivity contribution in [1.82, 2.24) is 10.2 Å². The molecule has 2 amide bonds. The van der Waals surface area contributed by atoms with Crippen molar-refractivity contribution in [3.63, 3.8) is 0 Å². The lowest BCUT2D eigenvalue weighted by Gasteiger charge is -2.17. The molecular formula is C14H21N3O2. The van der Waals surface area contributed by atoms with Crippen LogP contribution in [0.25, 0.3) is 0 Å². The van der Waals surface area contributed by atoms with Gasteiger partial charge < -0.3 is 16.0 Å². The lowest BCUT2D eigenvalue weighted by atomic mass is 10.2. The van der Waals surface area contributed by atoms with E-state index in [1.54, 1.807) is 14.0 Å². The molecule has 0 aromatic heterocycles. The molecule has 1 rings (SSSR count). The van der Waals surface area contributed by atoms with Crippen molar-refractivity contribution < 1.29 is 9.59 Å². The largest absolute Gasteiger partial charge is 0.350 e. The van der Waals surface area contributed by atoms with Crippen molar-refractivity contribution in [3.8, 4) is 0 Å². The molecule has 1 aromatic rings. The topological polar surface area (TPSA) is 75.4 Å². The maximum Gasteiger partial charge on any atom is 0.239 e. The molecule has 1 unspecified atom stereocenters. The second-order valence-corrected chi connectivity index (χ2v) is 4.69. The van der Waals surface area contributed by atoms with Gasteiger partial charge in [-0.15, -0.1) is 0 Å². The minimum Gasteiger partial charge on any atom is -0.350 e. The number of nitrogens with two attached hydrogens (primary N) is 1. The number of carbonyl (C=O) groups excluding carboxylic acids is 2. The summed E-state index contributed by atoms with van der Waals surface area (Å²) in [4.78, 5) is 24.7. The molecule has 5 heteroatoms. The Morgan fingerprint density at radius 2 is 1.95 bits per heavy atom. The predicted molar refractivity (Wildman–Crippen MR) is 74.2 cm³/mol. The number of nitrogens with zero attached hydrogens (tertiary/aromatic N) is 1. The van der Waals surface area contributed by atoms with Crippen molar-refractivity contribution >= 4 is 11.8 Å². The number of rotatable bonds is 6. The first-order valence-corrected chi connectivity index (χ1v) is 6.29. The summed E-state index contributed by atoms with van der Waals surface area (Å²) in [6.07, 6.45) is 0.252. The van der Waals surface area contributed by atoms with Crippen LogP contribution in [0.4, 0.5) is 0 Å². The van der Waals surface area contributed by atoms with Gasteiger partial charge in [0, 0.05) is 26.1 Å². The van der Waals surface area contributed by atoms with Crippen LogP contribution in [0.15, 0.2) is 30.3 Å². The third-order valence-electron chi connectivity index (χ3n) is 2.64. The molecule has 0 heterocycles. The Morgan fingerprint density at radius 1 is 1.32 bits per heavy atom. The average molecular weight is 263 g/mol. The van der Waals surface area contributed by atoms with Crippen LogP contribution < -0.4 is 11.1 Å². The third kappa shape index (κ3) is 6.01. The lowest BCUT2D eigenvalue weighted by molar-refractivity contribution is -0.135. The van der Waals surface area contributed by atoms with Crippen LogP contribution in [0.1, 0.15) is 18.9 Å². The second-order valence-electron chi connectivity index (χ2n) is 4.69. The predicted octanol–water partition coefficient (Wildman–Crippen LogP) is 0.499. The van der Waals surface area contributed by atoms with Gasteiger partial charge >= 0.3 is 0 Å². The van der Waals surface area contributed by atoms with E-state index < -0.39 is 0 Å². The van der Waals surface area contributed by atoms with Crippen LogP contribution >= 0.6 is 0 Å². The smallest absolute Gasteiger partial charge is 0.239 e. The molecule has 0 bridgehead atoms. The summed E-state index contributed by atoms with van der Waals surface area (Å²) in [5.41, 5.74) is 6.58. The van der Waals surface area contributed by atoms with E-state index in [0.29, 0.717) is 6.54 Å². The summed E-state index contributed by atoms with van der Waals surface area (Å²) in [5.74, 6) is -0.297. The Kier molecular flexibility index (Phi) is 6.02. The van der Waals surface area contributed by atoms with Gasteiger partial charge in [-0.3, -0.25) is 9.59 Å². The van der Waals surface area contributed by atoms with Gasteiger partial charge in [0.2, 0.25) is 11.8 Å².